The average Bonchev–Trinajstić information content (AvgIpc) is 1.69. The molecule has 0 aliphatic heterocycles. The quantitative estimate of drug-likeness (QED) is 0.280. The normalized spacial score (nSPS) is 7.57. The number of nitrogens with zero attached hydrogens (tertiary/aromatic N) is 1. The Hall–Kier alpha value is 0.179. The van der Waals surface area contributed by atoms with Crippen molar-refractivity contribution in [3.8, 4) is 0 Å². The van der Waals surface area contributed by atoms with E-state index < -0.39 is 0 Å². The van der Waals surface area contributed by atoms with Crippen molar-refractivity contribution < 1.29 is 4.79 Å². The predicted molar refractivity (Wildman–Crippen MR) is 28.2 cm³/mol. The molecule has 0 heterocycles. The van der Waals surface area contributed by atoms with Crippen molar-refractivity contribution in [2.45, 2.75) is 10.9 Å². The van der Waals surface area contributed by atoms with Gasteiger partial charge in [0, 0.05) is 0 Å². The van der Waals surface area contributed by atoms with E-state index in [1.165, 1.54) is 33.0 Å². The van der Waals surface area contributed by atoms with Crippen LogP contribution < -0.4 is 0 Å². The summed E-state index contributed by atoms with van der Waals surface area (Å²) in [5, 5.41) is 0. The van der Waals surface area contributed by atoms with Gasteiger partial charge in [-0.1, -0.05) is 0 Å². The first-order chi connectivity index (χ1) is 3.41. The van der Waals surface area contributed by atoms with Crippen LogP contribution in [0, 0.1) is 0 Å². The molecule has 0 aromatic carbocycles. The molecule has 0 aromatic rings. The van der Waals surface area contributed by atoms with Crippen LogP contribution >= 0.6 is 0 Å². The van der Waals surface area contributed by atoms with Crippen molar-refractivity contribution >= 4 is 28.6 Å². The first-order valence-corrected chi connectivity index (χ1v) is 4.12. The predicted octanol–water partition coefficient (Wildman–Crippen LogP) is 0.299. The summed E-state index contributed by atoms with van der Waals surface area (Å²) in [4.78, 5) is 12.8. The minimum absolute atomic E-state index is 0.661. The molecule has 0 spiro atoms. The summed E-state index contributed by atoms with van der Waals surface area (Å²) in [6.45, 7) is 0.661. The summed E-state index contributed by atoms with van der Waals surface area (Å²) >= 11 is 1.51. The number of hydrogen-bond donors (Lipinski definition) is 0. The van der Waals surface area contributed by atoms with E-state index in [2.05, 4.69) is 4.99 Å². The average molecular weight is 203 g/mol. The molecule has 7 heavy (non-hydrogen) atoms. The van der Waals surface area contributed by atoms with Crippen LogP contribution in [0.2, 0.25) is 4.44 Å². The third kappa shape index (κ3) is 6.18. The Morgan fingerprint density at radius 2 is 2.43 bits per heavy atom. The SMILES string of the molecule is O=C=NCC[CH2][Sn]. The van der Waals surface area contributed by atoms with Gasteiger partial charge in [0.25, 0.3) is 0 Å². The topological polar surface area (TPSA) is 29.4 Å². The number of isocyanates is 1. The van der Waals surface area contributed by atoms with Crippen molar-refractivity contribution in [1.29, 1.82) is 0 Å². The molecular weight excluding hydrogens is 197 g/mol. The molecule has 0 N–H and O–H groups in total. The van der Waals surface area contributed by atoms with Gasteiger partial charge < -0.3 is 0 Å². The molecule has 0 unspecified atom stereocenters. The molecule has 3 radical (unpaired) electrons. The third-order valence-corrected chi connectivity index (χ3v) is 1.52. The van der Waals surface area contributed by atoms with E-state index in [0.717, 1.165) is 6.42 Å². The summed E-state index contributed by atoms with van der Waals surface area (Å²) in [6, 6.07) is 0. The number of hydrogen-bond acceptors (Lipinski definition) is 2. The fraction of sp³-hybridized carbons (Fsp3) is 0.750. The Bertz CT molecular complexity index is 77.8. The molecule has 0 saturated carbocycles. The van der Waals surface area contributed by atoms with Gasteiger partial charge in [0.05, 0.1) is 0 Å². The second kappa shape index (κ2) is 6.18. The number of carbonyl (C=O) groups excluding carboxylic acids is 1. The van der Waals surface area contributed by atoms with Gasteiger partial charge >= 0.3 is 55.8 Å². The zero-order valence-corrected chi connectivity index (χ0v) is 6.83. The van der Waals surface area contributed by atoms with Crippen LogP contribution in [-0.4, -0.2) is 35.1 Å². The Morgan fingerprint density at radius 3 is 2.86 bits per heavy atom. The monoisotopic (exact) mass is 204 g/mol. The Morgan fingerprint density at radius 1 is 1.71 bits per heavy atom. The zero-order chi connectivity index (χ0) is 5.54. The van der Waals surface area contributed by atoms with E-state index in [4.69, 9.17) is 0 Å². The van der Waals surface area contributed by atoms with Crippen molar-refractivity contribution in [1.82, 2.24) is 0 Å². The van der Waals surface area contributed by atoms with E-state index in [1.54, 1.807) is 0 Å². The van der Waals surface area contributed by atoms with Gasteiger partial charge in [-0.05, 0) is 0 Å². The third-order valence-electron chi connectivity index (χ3n) is 0.511. The van der Waals surface area contributed by atoms with Crippen LogP contribution in [0.4, 0.5) is 0 Å². The Labute approximate surface area is 56.1 Å². The van der Waals surface area contributed by atoms with E-state index in [0.29, 0.717) is 6.54 Å². The molecule has 0 aliphatic rings. The molecule has 0 saturated heterocycles. The van der Waals surface area contributed by atoms with Gasteiger partial charge in [-0.3, -0.25) is 0 Å². The first-order valence-electron chi connectivity index (χ1n) is 2.10. The van der Waals surface area contributed by atoms with Gasteiger partial charge in [-0.25, -0.2) is 0 Å². The standard InChI is InChI=1S/C4H6NO.Sn/c1-2-3-5-4-6;/h1-3H2;. The van der Waals surface area contributed by atoms with Crippen LogP contribution in [0.5, 0.6) is 0 Å². The van der Waals surface area contributed by atoms with Gasteiger partial charge in [0.15, 0.2) is 0 Å². The molecule has 37 valence electrons. The molecule has 0 amide bonds. The van der Waals surface area contributed by atoms with E-state index in [9.17, 15) is 4.79 Å². The van der Waals surface area contributed by atoms with E-state index >= 15 is 0 Å². The second-order valence-corrected chi connectivity index (χ2v) is 2.50. The Kier molecular flexibility index (Phi) is 6.34. The fourth-order valence-electron chi connectivity index (χ4n) is 0.204. The van der Waals surface area contributed by atoms with Crippen molar-refractivity contribution in [2.24, 2.45) is 4.99 Å². The molecule has 0 atom stereocenters. The van der Waals surface area contributed by atoms with Gasteiger partial charge in [-0.15, -0.1) is 0 Å². The molecule has 0 fully saturated rings. The molecule has 2 nitrogen and oxygen atoms in total. The van der Waals surface area contributed by atoms with Crippen LogP contribution in [0.15, 0.2) is 4.99 Å². The molecule has 0 bridgehead atoms. The maximum atomic E-state index is 9.40. The maximum absolute atomic E-state index is 9.40. The number of rotatable bonds is 3. The van der Waals surface area contributed by atoms with Crippen LogP contribution in [0.1, 0.15) is 6.42 Å². The molecule has 0 aromatic heterocycles. The summed E-state index contributed by atoms with van der Waals surface area (Å²) in [7, 11) is 0. The van der Waals surface area contributed by atoms with Crippen molar-refractivity contribution in [3.05, 3.63) is 0 Å². The Balaban J connectivity index is 2.83. The van der Waals surface area contributed by atoms with Gasteiger partial charge in [-0.2, -0.15) is 0 Å². The minimum atomic E-state index is 0.661. The van der Waals surface area contributed by atoms with Gasteiger partial charge in [0.2, 0.25) is 0 Å². The molecule has 3 heteroatoms. The first kappa shape index (κ1) is 7.18. The van der Waals surface area contributed by atoms with Crippen molar-refractivity contribution in [2.75, 3.05) is 6.54 Å². The van der Waals surface area contributed by atoms with E-state index in [-0.39, 0.29) is 0 Å². The fourth-order valence-corrected chi connectivity index (χ4v) is 0.655. The molecular formula is C4H6NOSn. The van der Waals surface area contributed by atoms with Gasteiger partial charge in [0.1, 0.15) is 0 Å². The summed E-state index contributed by atoms with van der Waals surface area (Å²) in [6.07, 6.45) is 2.52. The summed E-state index contributed by atoms with van der Waals surface area (Å²) < 4.78 is 1.18. The van der Waals surface area contributed by atoms with Crippen LogP contribution in [-0.2, 0) is 4.79 Å². The number of aliphatic imine (C=N–C) groups is 1. The zero-order valence-electron chi connectivity index (χ0n) is 3.98. The van der Waals surface area contributed by atoms with Crippen molar-refractivity contribution in [3.63, 3.8) is 0 Å². The summed E-state index contributed by atoms with van der Waals surface area (Å²) in [5.41, 5.74) is 0. The molecule has 0 aliphatic carbocycles. The molecule has 0 rings (SSSR count). The van der Waals surface area contributed by atoms with Crippen LogP contribution in [0.25, 0.3) is 0 Å². The van der Waals surface area contributed by atoms with E-state index in [1.807, 2.05) is 0 Å². The van der Waals surface area contributed by atoms with Crippen LogP contribution in [0.3, 0.4) is 0 Å². The second-order valence-electron chi connectivity index (χ2n) is 1.08. The summed E-state index contributed by atoms with van der Waals surface area (Å²) in [5.74, 6) is 0.